The smallest absolute Gasteiger partial charge is 0.276 e. The molecular weight excluding hydrogens is 300 g/mol. The summed E-state index contributed by atoms with van der Waals surface area (Å²) >= 11 is 5.12. The molecule has 1 amide bonds. The summed E-state index contributed by atoms with van der Waals surface area (Å²) in [6, 6.07) is 5.33. The first-order chi connectivity index (χ1) is 10.6. The van der Waals surface area contributed by atoms with Gasteiger partial charge in [-0.25, -0.2) is 0 Å². The Bertz CT molecular complexity index is 676. The maximum atomic E-state index is 12.1. The third kappa shape index (κ3) is 3.21. The van der Waals surface area contributed by atoms with E-state index in [1.165, 1.54) is 4.90 Å². The molecular formula is C16H16N2O3S. The van der Waals surface area contributed by atoms with Crippen LogP contribution in [0.2, 0.25) is 0 Å². The number of ether oxygens (including phenoxy) is 2. The Morgan fingerprint density at radius 3 is 2.82 bits per heavy atom. The van der Waals surface area contributed by atoms with Crippen molar-refractivity contribution in [3.8, 4) is 23.8 Å². The van der Waals surface area contributed by atoms with Crippen LogP contribution in [0.25, 0.3) is 6.08 Å². The number of hydrogen-bond donors (Lipinski definition) is 1. The molecule has 1 fully saturated rings. The molecule has 1 aromatic rings. The molecule has 0 aliphatic carbocycles. The summed E-state index contributed by atoms with van der Waals surface area (Å²) in [7, 11) is 1.54. The number of benzene rings is 1. The number of amides is 1. The first-order valence-electron chi connectivity index (χ1n) is 6.69. The van der Waals surface area contributed by atoms with Gasteiger partial charge in [0.15, 0.2) is 16.6 Å². The molecule has 1 aliphatic rings. The Morgan fingerprint density at radius 2 is 2.23 bits per heavy atom. The van der Waals surface area contributed by atoms with E-state index in [2.05, 4.69) is 11.2 Å². The molecule has 22 heavy (non-hydrogen) atoms. The number of terminal acetylenes is 1. The lowest BCUT2D eigenvalue weighted by atomic mass is 10.1. The number of nitrogens with zero attached hydrogens (tertiary/aromatic N) is 1. The van der Waals surface area contributed by atoms with E-state index >= 15 is 0 Å². The quantitative estimate of drug-likeness (QED) is 0.510. The molecule has 0 atom stereocenters. The second-order valence-corrected chi connectivity index (χ2v) is 4.83. The van der Waals surface area contributed by atoms with E-state index in [1.807, 2.05) is 13.0 Å². The molecule has 0 radical (unpaired) electrons. The van der Waals surface area contributed by atoms with E-state index in [0.717, 1.165) is 5.56 Å². The Morgan fingerprint density at radius 1 is 1.45 bits per heavy atom. The normalized spacial score (nSPS) is 15.7. The second kappa shape index (κ2) is 6.96. The van der Waals surface area contributed by atoms with Crippen molar-refractivity contribution >= 4 is 29.3 Å². The second-order valence-electron chi connectivity index (χ2n) is 4.44. The number of thiocarbonyl (C=S) groups is 1. The van der Waals surface area contributed by atoms with Crippen molar-refractivity contribution in [3.63, 3.8) is 0 Å². The summed E-state index contributed by atoms with van der Waals surface area (Å²) in [5.74, 6) is 3.36. The van der Waals surface area contributed by atoms with Crippen molar-refractivity contribution in [1.29, 1.82) is 0 Å². The molecule has 0 saturated carbocycles. The molecule has 0 unspecified atom stereocenters. The first kappa shape index (κ1) is 15.9. The largest absolute Gasteiger partial charge is 0.493 e. The summed E-state index contributed by atoms with van der Waals surface area (Å²) in [5.41, 5.74) is 1.23. The monoisotopic (exact) mass is 316 g/mol. The molecule has 0 aromatic heterocycles. The highest BCUT2D eigenvalue weighted by atomic mass is 32.1. The van der Waals surface area contributed by atoms with Crippen molar-refractivity contribution in [3.05, 3.63) is 29.5 Å². The fraction of sp³-hybridized carbons (Fsp3) is 0.250. The number of nitrogens with one attached hydrogen (secondary N) is 1. The molecule has 2 rings (SSSR count). The van der Waals surface area contributed by atoms with Crippen LogP contribution in [0.1, 0.15) is 12.5 Å². The average Bonchev–Trinajstić information content (AvgIpc) is 2.79. The van der Waals surface area contributed by atoms with Crippen molar-refractivity contribution < 1.29 is 14.3 Å². The minimum Gasteiger partial charge on any atom is -0.493 e. The average molecular weight is 316 g/mol. The fourth-order valence-corrected chi connectivity index (χ4v) is 2.36. The summed E-state index contributed by atoms with van der Waals surface area (Å²) in [6.07, 6.45) is 6.89. The standard InChI is InChI=1S/C16H16N2O3S/c1-4-8-21-13-7-6-11(10-14(13)20-3)9-12-15(19)18(5-2)16(22)17-12/h1,6-7,9-10H,5,8H2,2-3H3,(H,17,22). The van der Waals surface area contributed by atoms with E-state index in [4.69, 9.17) is 28.1 Å². The van der Waals surface area contributed by atoms with E-state index < -0.39 is 0 Å². The highest BCUT2D eigenvalue weighted by molar-refractivity contribution is 7.80. The lowest BCUT2D eigenvalue weighted by Gasteiger charge is -2.09. The predicted octanol–water partition coefficient (Wildman–Crippen LogP) is 1.78. The van der Waals surface area contributed by atoms with Crippen LogP contribution < -0.4 is 14.8 Å². The van der Waals surface area contributed by atoms with Gasteiger partial charge >= 0.3 is 0 Å². The van der Waals surface area contributed by atoms with E-state index in [1.54, 1.807) is 25.3 Å². The third-order valence-electron chi connectivity index (χ3n) is 3.09. The van der Waals surface area contributed by atoms with Gasteiger partial charge in [0, 0.05) is 6.54 Å². The Kier molecular flexibility index (Phi) is 5.02. The van der Waals surface area contributed by atoms with Crippen LogP contribution >= 0.6 is 12.2 Å². The molecule has 0 spiro atoms. The first-order valence-corrected chi connectivity index (χ1v) is 7.10. The van der Waals surface area contributed by atoms with Crippen molar-refractivity contribution in [1.82, 2.24) is 10.2 Å². The maximum absolute atomic E-state index is 12.1. The van der Waals surface area contributed by atoms with Crippen LogP contribution in [0.4, 0.5) is 0 Å². The molecule has 6 heteroatoms. The number of hydrogen-bond acceptors (Lipinski definition) is 4. The van der Waals surface area contributed by atoms with Crippen LogP contribution in [0.5, 0.6) is 11.5 Å². The topological polar surface area (TPSA) is 50.8 Å². The van der Waals surface area contributed by atoms with Crippen LogP contribution in [0.15, 0.2) is 23.9 Å². The summed E-state index contributed by atoms with van der Waals surface area (Å²) in [6.45, 7) is 2.57. The van der Waals surface area contributed by atoms with Crippen LogP contribution in [-0.2, 0) is 4.79 Å². The van der Waals surface area contributed by atoms with E-state index in [0.29, 0.717) is 28.9 Å². The van der Waals surface area contributed by atoms with Crippen molar-refractivity contribution in [2.75, 3.05) is 20.3 Å². The molecule has 114 valence electrons. The maximum Gasteiger partial charge on any atom is 0.276 e. The van der Waals surface area contributed by atoms with Crippen molar-refractivity contribution in [2.45, 2.75) is 6.92 Å². The lowest BCUT2D eigenvalue weighted by molar-refractivity contribution is -0.122. The highest BCUT2D eigenvalue weighted by Crippen LogP contribution is 2.29. The van der Waals surface area contributed by atoms with Crippen LogP contribution in [0.3, 0.4) is 0 Å². The minimum atomic E-state index is -0.140. The zero-order valence-corrected chi connectivity index (χ0v) is 13.2. The van der Waals surface area contributed by atoms with Crippen molar-refractivity contribution in [2.24, 2.45) is 0 Å². The van der Waals surface area contributed by atoms with Gasteiger partial charge in [0.25, 0.3) is 5.91 Å². The van der Waals surface area contributed by atoms with E-state index in [-0.39, 0.29) is 12.5 Å². The number of likely N-dealkylation sites (N-methyl/N-ethyl adjacent to an activating group) is 1. The van der Waals surface area contributed by atoms with Crippen LogP contribution in [-0.4, -0.2) is 36.2 Å². The van der Waals surface area contributed by atoms with Gasteiger partial charge in [-0.2, -0.15) is 0 Å². The van der Waals surface area contributed by atoms with E-state index in [9.17, 15) is 4.79 Å². The van der Waals surface area contributed by atoms with Gasteiger partial charge in [0.05, 0.1) is 7.11 Å². The predicted molar refractivity (Wildman–Crippen MR) is 88.4 cm³/mol. The third-order valence-corrected chi connectivity index (χ3v) is 3.41. The Hall–Kier alpha value is -2.52. The van der Waals surface area contributed by atoms with Gasteiger partial charge in [-0.3, -0.25) is 9.69 Å². The molecule has 1 N–H and O–H groups in total. The highest BCUT2D eigenvalue weighted by Gasteiger charge is 2.28. The lowest BCUT2D eigenvalue weighted by Crippen LogP contribution is -2.30. The molecule has 1 aliphatic heterocycles. The number of rotatable bonds is 5. The van der Waals surface area contributed by atoms with Crippen LogP contribution in [0, 0.1) is 12.3 Å². The minimum absolute atomic E-state index is 0.140. The van der Waals surface area contributed by atoms with Gasteiger partial charge < -0.3 is 14.8 Å². The van der Waals surface area contributed by atoms with Gasteiger partial charge in [-0.15, -0.1) is 6.42 Å². The molecule has 5 nitrogen and oxygen atoms in total. The summed E-state index contributed by atoms with van der Waals surface area (Å²) in [4.78, 5) is 13.6. The van der Waals surface area contributed by atoms with Gasteiger partial charge in [-0.1, -0.05) is 12.0 Å². The zero-order valence-electron chi connectivity index (χ0n) is 12.4. The number of carbonyl (C=O) groups is 1. The summed E-state index contributed by atoms with van der Waals surface area (Å²) < 4.78 is 10.7. The fourth-order valence-electron chi connectivity index (χ4n) is 2.04. The summed E-state index contributed by atoms with van der Waals surface area (Å²) in [5, 5.41) is 3.33. The van der Waals surface area contributed by atoms with Gasteiger partial charge in [-0.05, 0) is 42.9 Å². The molecule has 1 aromatic carbocycles. The SMILES string of the molecule is C#CCOc1ccc(C=C2NC(=S)N(CC)C2=O)cc1OC. The Labute approximate surface area is 134 Å². The Balaban J connectivity index is 2.27. The number of methoxy groups -OCH3 is 1. The molecule has 0 bridgehead atoms. The van der Waals surface area contributed by atoms with Gasteiger partial charge in [0.1, 0.15) is 12.3 Å². The number of carbonyl (C=O) groups excluding carboxylic acids is 1. The zero-order chi connectivity index (χ0) is 16.1. The molecule has 1 heterocycles. The molecule has 1 saturated heterocycles. The van der Waals surface area contributed by atoms with Gasteiger partial charge in [0.2, 0.25) is 0 Å².